The standard InChI is InChI=1S/C7H10ClN3O2/c8-6(1-2-6)7(3-9)4(12)10-5(13)11-7/h1-3,9H2,(H2,10,11,12,13)/t7-/m1/s1. The lowest BCUT2D eigenvalue weighted by molar-refractivity contribution is -0.124. The molecule has 1 atom stereocenters. The van der Waals surface area contributed by atoms with Crippen LogP contribution in [0.25, 0.3) is 0 Å². The summed E-state index contributed by atoms with van der Waals surface area (Å²) in [6.45, 7) is 0.0358. The third-order valence-corrected chi connectivity index (χ3v) is 3.40. The molecule has 0 aromatic rings. The normalized spacial score (nSPS) is 35.5. The molecule has 72 valence electrons. The Labute approximate surface area is 80.0 Å². The van der Waals surface area contributed by atoms with Crippen molar-refractivity contribution in [3.8, 4) is 0 Å². The van der Waals surface area contributed by atoms with Gasteiger partial charge in [0.25, 0.3) is 5.91 Å². The summed E-state index contributed by atoms with van der Waals surface area (Å²) in [4.78, 5) is 21.7. The zero-order valence-electron chi connectivity index (χ0n) is 6.89. The van der Waals surface area contributed by atoms with Gasteiger partial charge in [-0.2, -0.15) is 0 Å². The van der Waals surface area contributed by atoms with Crippen LogP contribution in [0.2, 0.25) is 0 Å². The number of carbonyl (C=O) groups excluding carboxylic acids is 2. The minimum Gasteiger partial charge on any atom is -0.328 e. The number of rotatable bonds is 2. The lowest BCUT2D eigenvalue weighted by Crippen LogP contribution is -2.60. The number of hydrogen-bond acceptors (Lipinski definition) is 3. The Hall–Kier alpha value is -0.810. The average molecular weight is 204 g/mol. The summed E-state index contributed by atoms with van der Waals surface area (Å²) in [6.07, 6.45) is 1.42. The van der Waals surface area contributed by atoms with E-state index >= 15 is 0 Å². The molecule has 2 aliphatic rings. The zero-order valence-corrected chi connectivity index (χ0v) is 7.65. The second kappa shape index (κ2) is 2.36. The number of nitrogens with one attached hydrogen (secondary N) is 2. The molecule has 1 aliphatic heterocycles. The van der Waals surface area contributed by atoms with Crippen molar-refractivity contribution in [1.82, 2.24) is 10.6 Å². The maximum atomic E-state index is 11.5. The molecule has 0 aromatic carbocycles. The lowest BCUT2D eigenvalue weighted by atomic mass is 9.93. The Bertz CT molecular complexity index is 289. The van der Waals surface area contributed by atoms with Gasteiger partial charge in [-0.05, 0) is 12.8 Å². The van der Waals surface area contributed by atoms with Gasteiger partial charge in [-0.3, -0.25) is 10.1 Å². The van der Waals surface area contributed by atoms with Crippen LogP contribution in [0.1, 0.15) is 12.8 Å². The molecular weight excluding hydrogens is 194 g/mol. The number of amides is 3. The molecule has 6 heteroatoms. The van der Waals surface area contributed by atoms with Crippen molar-refractivity contribution in [1.29, 1.82) is 0 Å². The molecule has 1 saturated carbocycles. The number of nitrogens with two attached hydrogens (primary N) is 1. The molecule has 0 bridgehead atoms. The molecule has 0 radical (unpaired) electrons. The Morgan fingerprint density at radius 1 is 1.46 bits per heavy atom. The van der Waals surface area contributed by atoms with Gasteiger partial charge in [0.1, 0.15) is 0 Å². The Balaban J connectivity index is 2.35. The van der Waals surface area contributed by atoms with E-state index in [9.17, 15) is 9.59 Å². The Morgan fingerprint density at radius 2 is 2.08 bits per heavy atom. The van der Waals surface area contributed by atoms with Crippen LogP contribution in [0.15, 0.2) is 0 Å². The average Bonchev–Trinajstić information content (AvgIpc) is 2.72. The van der Waals surface area contributed by atoms with Gasteiger partial charge in [0.2, 0.25) is 0 Å². The largest absolute Gasteiger partial charge is 0.328 e. The van der Waals surface area contributed by atoms with E-state index in [-0.39, 0.29) is 6.54 Å². The summed E-state index contributed by atoms with van der Waals surface area (Å²) in [5, 5.41) is 4.66. The van der Waals surface area contributed by atoms with Crippen molar-refractivity contribution in [2.75, 3.05) is 6.54 Å². The first-order valence-corrected chi connectivity index (χ1v) is 4.44. The Kier molecular flexibility index (Phi) is 1.59. The number of halogens is 1. The SMILES string of the molecule is NC[C@@]1(C2(Cl)CC2)NC(=O)NC1=O. The predicted molar refractivity (Wildman–Crippen MR) is 46.3 cm³/mol. The molecule has 1 saturated heterocycles. The van der Waals surface area contributed by atoms with Crippen LogP contribution in [0.4, 0.5) is 4.79 Å². The highest BCUT2D eigenvalue weighted by Gasteiger charge is 2.65. The van der Waals surface area contributed by atoms with Crippen LogP contribution in [-0.4, -0.2) is 28.9 Å². The van der Waals surface area contributed by atoms with Gasteiger partial charge in [-0.25, -0.2) is 4.79 Å². The van der Waals surface area contributed by atoms with Gasteiger partial charge in [0, 0.05) is 6.54 Å². The van der Waals surface area contributed by atoms with Crippen LogP contribution in [0, 0.1) is 0 Å². The smallest absolute Gasteiger partial charge is 0.322 e. The minimum atomic E-state index is -1.09. The molecule has 1 heterocycles. The molecule has 0 unspecified atom stereocenters. The van der Waals surface area contributed by atoms with Crippen LogP contribution in [0.5, 0.6) is 0 Å². The van der Waals surface area contributed by atoms with Crippen molar-refractivity contribution >= 4 is 23.5 Å². The predicted octanol–water partition coefficient (Wildman–Crippen LogP) is -0.705. The fraction of sp³-hybridized carbons (Fsp3) is 0.714. The number of imide groups is 1. The number of carbonyl (C=O) groups is 2. The molecular formula is C7H10ClN3O2. The molecule has 2 fully saturated rings. The molecule has 4 N–H and O–H groups in total. The summed E-state index contributed by atoms with van der Waals surface area (Å²) < 4.78 is 0. The fourth-order valence-corrected chi connectivity index (χ4v) is 1.97. The first kappa shape index (κ1) is 8.77. The Morgan fingerprint density at radius 3 is 2.38 bits per heavy atom. The van der Waals surface area contributed by atoms with Crippen molar-refractivity contribution in [3.05, 3.63) is 0 Å². The van der Waals surface area contributed by atoms with Gasteiger partial charge in [-0.15, -0.1) is 11.6 Å². The van der Waals surface area contributed by atoms with Crippen molar-refractivity contribution in [2.45, 2.75) is 23.3 Å². The van der Waals surface area contributed by atoms with E-state index in [1.807, 2.05) is 0 Å². The summed E-state index contributed by atoms with van der Waals surface area (Å²) >= 11 is 6.11. The fourth-order valence-electron chi connectivity index (χ4n) is 1.67. The molecule has 0 aromatic heterocycles. The van der Waals surface area contributed by atoms with Crippen LogP contribution < -0.4 is 16.4 Å². The van der Waals surface area contributed by atoms with E-state index in [1.165, 1.54) is 0 Å². The molecule has 13 heavy (non-hydrogen) atoms. The second-order valence-corrected chi connectivity index (χ2v) is 4.21. The van der Waals surface area contributed by atoms with Gasteiger partial charge < -0.3 is 11.1 Å². The lowest BCUT2D eigenvalue weighted by Gasteiger charge is -2.29. The van der Waals surface area contributed by atoms with E-state index in [1.54, 1.807) is 0 Å². The summed E-state index contributed by atoms with van der Waals surface area (Å²) in [5.74, 6) is -0.410. The van der Waals surface area contributed by atoms with Crippen LogP contribution in [-0.2, 0) is 4.79 Å². The third-order valence-electron chi connectivity index (χ3n) is 2.70. The third kappa shape index (κ3) is 0.971. The molecule has 2 rings (SSSR count). The molecule has 5 nitrogen and oxygen atoms in total. The summed E-state index contributed by atoms with van der Waals surface area (Å²) in [7, 11) is 0. The maximum Gasteiger partial charge on any atom is 0.322 e. The van der Waals surface area contributed by atoms with Gasteiger partial charge >= 0.3 is 6.03 Å². The second-order valence-electron chi connectivity index (χ2n) is 3.48. The van der Waals surface area contributed by atoms with Crippen LogP contribution in [0.3, 0.4) is 0 Å². The van der Waals surface area contributed by atoms with E-state index in [0.29, 0.717) is 12.8 Å². The van der Waals surface area contributed by atoms with E-state index in [4.69, 9.17) is 17.3 Å². The summed E-state index contributed by atoms with van der Waals surface area (Å²) in [6, 6.07) is -0.512. The van der Waals surface area contributed by atoms with Crippen molar-refractivity contribution in [3.63, 3.8) is 0 Å². The molecule has 3 amide bonds. The van der Waals surface area contributed by atoms with Crippen LogP contribution >= 0.6 is 11.6 Å². The monoisotopic (exact) mass is 203 g/mol. The van der Waals surface area contributed by atoms with Crippen molar-refractivity contribution in [2.24, 2.45) is 5.73 Å². The van der Waals surface area contributed by atoms with E-state index in [0.717, 1.165) is 0 Å². The molecule has 0 spiro atoms. The quantitative estimate of drug-likeness (QED) is 0.410. The number of hydrogen-bond donors (Lipinski definition) is 3. The van der Waals surface area contributed by atoms with E-state index < -0.39 is 22.4 Å². The highest BCUT2D eigenvalue weighted by atomic mass is 35.5. The van der Waals surface area contributed by atoms with Gasteiger partial charge in [0.05, 0.1) is 4.87 Å². The first-order chi connectivity index (χ1) is 6.04. The van der Waals surface area contributed by atoms with E-state index in [2.05, 4.69) is 10.6 Å². The number of alkyl halides is 1. The van der Waals surface area contributed by atoms with Crippen molar-refractivity contribution < 1.29 is 9.59 Å². The minimum absolute atomic E-state index is 0.0358. The highest BCUT2D eigenvalue weighted by molar-refractivity contribution is 6.30. The van der Waals surface area contributed by atoms with Gasteiger partial charge in [0.15, 0.2) is 5.54 Å². The topological polar surface area (TPSA) is 84.2 Å². The summed E-state index contributed by atoms with van der Waals surface area (Å²) in [5.41, 5.74) is 4.40. The maximum absolute atomic E-state index is 11.5. The molecule has 1 aliphatic carbocycles. The zero-order chi connectivity index (χ0) is 9.69. The van der Waals surface area contributed by atoms with Gasteiger partial charge in [-0.1, -0.05) is 0 Å². The number of urea groups is 1. The first-order valence-electron chi connectivity index (χ1n) is 4.07. The highest BCUT2D eigenvalue weighted by Crippen LogP contribution is 2.51.